The molecule has 0 N–H and O–H groups in total. The van der Waals surface area contributed by atoms with Crippen LogP contribution >= 0.6 is 0 Å². The number of nitrogens with zero attached hydrogens (tertiary/aromatic N) is 2. The van der Waals surface area contributed by atoms with Crippen LogP contribution in [0.3, 0.4) is 0 Å². The number of amides is 1. The van der Waals surface area contributed by atoms with Gasteiger partial charge in [0.05, 0.1) is 6.57 Å². The third-order valence-electron chi connectivity index (χ3n) is 4.91. The standard InChI is InChI=1S/C19H17FN2O2/c1-18(2)15-8-9-22(4)17(24)19(15,11-14(21-3)16(18)23)12-6-5-7-13(20)10-12/h5-8,10-11H,9H2,1-2,4H3/t19-/m0/s1. The van der Waals surface area contributed by atoms with E-state index in [0.717, 1.165) is 0 Å². The lowest BCUT2D eigenvalue weighted by Crippen LogP contribution is -2.55. The van der Waals surface area contributed by atoms with Crippen LogP contribution < -0.4 is 0 Å². The Balaban J connectivity index is 2.43. The van der Waals surface area contributed by atoms with E-state index in [1.54, 1.807) is 27.0 Å². The second-order valence-corrected chi connectivity index (χ2v) is 6.72. The molecular weight excluding hydrogens is 307 g/mol. The van der Waals surface area contributed by atoms with Crippen molar-refractivity contribution >= 4 is 11.7 Å². The van der Waals surface area contributed by atoms with Crippen molar-refractivity contribution in [3.05, 3.63) is 70.5 Å². The normalized spacial score (nSPS) is 25.5. The quantitative estimate of drug-likeness (QED) is 0.589. The molecule has 1 atom stereocenters. The Morgan fingerprint density at radius 1 is 1.29 bits per heavy atom. The molecular formula is C19H17FN2O2. The van der Waals surface area contributed by atoms with Gasteiger partial charge in [-0.1, -0.05) is 38.1 Å². The Labute approximate surface area is 140 Å². The summed E-state index contributed by atoms with van der Waals surface area (Å²) in [7, 11) is 1.66. The number of allylic oxidation sites excluding steroid dienone is 1. The van der Waals surface area contributed by atoms with Crippen LogP contribution in [0.4, 0.5) is 4.39 Å². The van der Waals surface area contributed by atoms with Crippen molar-refractivity contribution < 1.29 is 14.0 Å². The maximum atomic E-state index is 13.9. The molecule has 24 heavy (non-hydrogen) atoms. The van der Waals surface area contributed by atoms with Crippen molar-refractivity contribution in [1.29, 1.82) is 0 Å². The molecule has 0 saturated carbocycles. The zero-order valence-corrected chi connectivity index (χ0v) is 13.8. The van der Waals surface area contributed by atoms with Crippen LogP contribution in [0, 0.1) is 17.8 Å². The number of Topliss-reactive ketones (excluding diaryl/α,β-unsaturated/α-hetero) is 1. The highest BCUT2D eigenvalue weighted by Crippen LogP contribution is 2.51. The van der Waals surface area contributed by atoms with Crippen LogP contribution in [0.5, 0.6) is 0 Å². The van der Waals surface area contributed by atoms with Crippen LogP contribution in [0.1, 0.15) is 19.4 Å². The number of hydrogen-bond acceptors (Lipinski definition) is 2. The molecule has 0 aromatic heterocycles. The fraction of sp³-hybridized carbons (Fsp3) is 0.316. The molecule has 1 aliphatic carbocycles. The molecule has 1 aliphatic heterocycles. The monoisotopic (exact) mass is 324 g/mol. The Kier molecular flexibility index (Phi) is 3.45. The first-order valence-electron chi connectivity index (χ1n) is 7.63. The van der Waals surface area contributed by atoms with Crippen molar-refractivity contribution in [2.24, 2.45) is 5.41 Å². The number of hydrogen-bond donors (Lipinski definition) is 0. The minimum Gasteiger partial charge on any atom is -0.341 e. The number of carbonyl (C=O) groups is 2. The molecule has 3 rings (SSSR count). The largest absolute Gasteiger partial charge is 0.341 e. The predicted octanol–water partition coefficient (Wildman–Crippen LogP) is 2.87. The third-order valence-corrected chi connectivity index (χ3v) is 4.91. The highest BCUT2D eigenvalue weighted by atomic mass is 19.1. The fourth-order valence-corrected chi connectivity index (χ4v) is 3.67. The smallest absolute Gasteiger partial charge is 0.240 e. The molecule has 5 heteroatoms. The Morgan fingerprint density at radius 2 is 2.00 bits per heavy atom. The van der Waals surface area contributed by atoms with Gasteiger partial charge in [-0.3, -0.25) is 4.79 Å². The summed E-state index contributed by atoms with van der Waals surface area (Å²) in [6, 6.07) is 5.81. The zero-order valence-electron chi connectivity index (χ0n) is 13.8. The van der Waals surface area contributed by atoms with Gasteiger partial charge in [-0.2, -0.15) is 0 Å². The average molecular weight is 324 g/mol. The van der Waals surface area contributed by atoms with Gasteiger partial charge in [0.2, 0.25) is 11.6 Å². The van der Waals surface area contributed by atoms with Gasteiger partial charge in [0.25, 0.3) is 0 Å². The highest BCUT2D eigenvalue weighted by molar-refractivity contribution is 6.10. The van der Waals surface area contributed by atoms with Gasteiger partial charge < -0.3 is 9.69 Å². The molecule has 1 heterocycles. The lowest BCUT2D eigenvalue weighted by molar-refractivity contribution is -0.135. The summed E-state index contributed by atoms with van der Waals surface area (Å²) < 4.78 is 13.9. The van der Waals surface area contributed by atoms with Gasteiger partial charge in [0.1, 0.15) is 11.2 Å². The summed E-state index contributed by atoms with van der Waals surface area (Å²) >= 11 is 0. The van der Waals surface area contributed by atoms with Gasteiger partial charge in [0.15, 0.2) is 5.78 Å². The molecule has 0 fully saturated rings. The molecule has 1 aromatic rings. The van der Waals surface area contributed by atoms with E-state index in [1.165, 1.54) is 29.2 Å². The van der Waals surface area contributed by atoms with E-state index in [-0.39, 0.29) is 17.4 Å². The first-order valence-corrected chi connectivity index (χ1v) is 7.63. The Bertz CT molecular complexity index is 860. The molecule has 0 unspecified atom stereocenters. The van der Waals surface area contributed by atoms with Gasteiger partial charge in [0, 0.05) is 19.0 Å². The minimum atomic E-state index is -1.31. The number of halogens is 1. The van der Waals surface area contributed by atoms with Crippen molar-refractivity contribution in [1.82, 2.24) is 4.90 Å². The third kappa shape index (κ3) is 1.96. The topological polar surface area (TPSA) is 41.7 Å². The second-order valence-electron chi connectivity index (χ2n) is 6.72. The number of rotatable bonds is 1. The summed E-state index contributed by atoms with van der Waals surface area (Å²) in [5.41, 5.74) is -1.34. The van der Waals surface area contributed by atoms with Crippen molar-refractivity contribution in [2.45, 2.75) is 19.3 Å². The van der Waals surface area contributed by atoms with Crippen LogP contribution in [0.25, 0.3) is 4.85 Å². The molecule has 0 saturated heterocycles. The van der Waals surface area contributed by atoms with Crippen LogP contribution in [-0.4, -0.2) is 30.2 Å². The van der Waals surface area contributed by atoms with Crippen LogP contribution in [0.15, 0.2) is 47.7 Å². The van der Waals surface area contributed by atoms with E-state index < -0.39 is 16.6 Å². The van der Waals surface area contributed by atoms with Gasteiger partial charge in [-0.25, -0.2) is 9.24 Å². The second kappa shape index (κ2) is 5.13. The van der Waals surface area contributed by atoms with Crippen LogP contribution in [-0.2, 0) is 15.0 Å². The number of likely N-dealkylation sites (N-methyl/N-ethyl adjacent to an activating group) is 1. The summed E-state index contributed by atoms with van der Waals surface area (Å²) in [6.45, 7) is 11.1. The lowest BCUT2D eigenvalue weighted by atomic mass is 9.57. The molecule has 0 spiro atoms. The van der Waals surface area contributed by atoms with E-state index in [2.05, 4.69) is 4.85 Å². The predicted molar refractivity (Wildman–Crippen MR) is 87.3 cm³/mol. The summed E-state index contributed by atoms with van der Waals surface area (Å²) in [6.07, 6.45) is 3.26. The minimum absolute atomic E-state index is 0.0786. The van der Waals surface area contributed by atoms with Gasteiger partial charge in [-0.05, 0) is 23.3 Å². The molecule has 122 valence electrons. The van der Waals surface area contributed by atoms with Gasteiger partial charge >= 0.3 is 0 Å². The Hall–Kier alpha value is -2.74. The molecule has 1 aromatic carbocycles. The van der Waals surface area contributed by atoms with Crippen LogP contribution in [0.2, 0.25) is 0 Å². The summed E-state index contributed by atoms with van der Waals surface area (Å²) in [5, 5.41) is 0. The zero-order chi connectivity index (χ0) is 17.7. The highest BCUT2D eigenvalue weighted by Gasteiger charge is 2.56. The Morgan fingerprint density at radius 3 is 2.62 bits per heavy atom. The van der Waals surface area contributed by atoms with Crippen molar-refractivity contribution in [3.63, 3.8) is 0 Å². The number of benzene rings is 1. The van der Waals surface area contributed by atoms with E-state index in [4.69, 9.17) is 6.57 Å². The van der Waals surface area contributed by atoms with E-state index in [1.807, 2.05) is 6.08 Å². The van der Waals surface area contributed by atoms with Crippen molar-refractivity contribution in [2.75, 3.05) is 13.6 Å². The van der Waals surface area contributed by atoms with E-state index in [9.17, 15) is 14.0 Å². The first kappa shape index (κ1) is 16.1. The first-order chi connectivity index (χ1) is 11.2. The maximum Gasteiger partial charge on any atom is 0.240 e. The van der Waals surface area contributed by atoms with Crippen molar-refractivity contribution in [3.8, 4) is 0 Å². The maximum absolute atomic E-state index is 13.9. The summed E-state index contributed by atoms with van der Waals surface area (Å²) in [4.78, 5) is 30.7. The molecule has 4 nitrogen and oxygen atoms in total. The van der Waals surface area contributed by atoms with E-state index in [0.29, 0.717) is 17.7 Å². The molecule has 2 aliphatic rings. The lowest BCUT2D eigenvalue weighted by Gasteiger charge is -2.48. The van der Waals surface area contributed by atoms with Gasteiger partial charge in [-0.15, -0.1) is 0 Å². The fourth-order valence-electron chi connectivity index (χ4n) is 3.67. The molecule has 0 radical (unpaired) electrons. The number of fused-ring (bicyclic) bond motifs is 1. The summed E-state index contributed by atoms with van der Waals surface area (Å²) in [5.74, 6) is -1.03. The average Bonchev–Trinajstić information content (AvgIpc) is 2.54. The number of carbonyl (C=O) groups excluding carboxylic acids is 2. The SMILES string of the molecule is [C-]#[N+]C1=C[C@@]2(c3cccc(F)c3)C(=O)N(C)CC=C2C(C)(C)C1=O. The molecule has 0 bridgehead atoms. The van der Waals surface area contributed by atoms with E-state index >= 15 is 0 Å². The number of ketones is 1. The molecule has 1 amide bonds.